The molecule has 3 aromatic carbocycles. The highest BCUT2D eigenvalue weighted by molar-refractivity contribution is 6.31. The average Bonchev–Trinajstić information content (AvgIpc) is 3.59. The molecule has 47 heavy (non-hydrogen) atoms. The Balaban J connectivity index is 1.31. The molecule has 1 aliphatic heterocycles. The van der Waals surface area contributed by atoms with Crippen LogP contribution in [0.2, 0.25) is 5.02 Å². The third-order valence-corrected chi connectivity index (χ3v) is 9.52. The van der Waals surface area contributed by atoms with Crippen LogP contribution >= 0.6 is 11.6 Å². The van der Waals surface area contributed by atoms with E-state index in [-0.39, 0.29) is 23.6 Å². The Kier molecular flexibility index (Phi) is 7.60. The Bertz CT molecular complexity index is 2180. The van der Waals surface area contributed by atoms with Gasteiger partial charge in [-0.2, -0.15) is 0 Å². The van der Waals surface area contributed by atoms with Crippen LogP contribution in [0.15, 0.2) is 97.3 Å². The van der Waals surface area contributed by atoms with Crippen LogP contribution in [-0.2, 0) is 27.1 Å². The molecule has 1 aliphatic rings. The molecule has 8 nitrogen and oxygen atoms in total. The second-order valence-electron chi connectivity index (χ2n) is 12.2. The minimum absolute atomic E-state index is 0.0163. The predicted molar refractivity (Wildman–Crippen MR) is 185 cm³/mol. The van der Waals surface area contributed by atoms with E-state index in [0.717, 1.165) is 28.7 Å². The van der Waals surface area contributed by atoms with Crippen LogP contribution in [0.5, 0.6) is 5.75 Å². The lowest BCUT2D eigenvalue weighted by molar-refractivity contribution is 0.0659. The van der Waals surface area contributed by atoms with Gasteiger partial charge in [-0.25, -0.2) is 4.98 Å². The van der Waals surface area contributed by atoms with Crippen LogP contribution in [0.3, 0.4) is 0 Å². The second-order valence-corrected chi connectivity index (χ2v) is 12.7. The number of fused-ring (bicyclic) bond motifs is 2. The Morgan fingerprint density at radius 3 is 2.43 bits per heavy atom. The molecule has 1 atom stereocenters. The minimum Gasteiger partial charge on any atom is -0.508 e. The number of rotatable bonds is 5. The SMILES string of the molecule is Cc1c(C(=O)N(c2ccc(O)cc2)c2cnc3c(ccn3C)c2)cc(-c2cc(Cl)ccc2C(=O)N2Cc3ccccc3C[C@H]2C)n1C. The van der Waals surface area contributed by atoms with Crippen molar-refractivity contribution in [1.82, 2.24) is 19.0 Å². The smallest absolute Gasteiger partial charge is 0.264 e. The lowest BCUT2D eigenvalue weighted by Gasteiger charge is -2.35. The first-order valence-corrected chi connectivity index (χ1v) is 15.9. The van der Waals surface area contributed by atoms with E-state index in [1.807, 2.05) is 71.6 Å². The zero-order valence-electron chi connectivity index (χ0n) is 26.6. The van der Waals surface area contributed by atoms with Gasteiger partial charge in [0.2, 0.25) is 0 Å². The number of aromatic nitrogens is 3. The first-order valence-electron chi connectivity index (χ1n) is 15.5. The zero-order valence-corrected chi connectivity index (χ0v) is 27.4. The molecule has 7 rings (SSSR count). The highest BCUT2D eigenvalue weighted by Gasteiger charge is 2.31. The molecule has 0 fully saturated rings. The predicted octanol–water partition coefficient (Wildman–Crippen LogP) is 7.81. The third kappa shape index (κ3) is 5.34. The van der Waals surface area contributed by atoms with Gasteiger partial charge in [0.25, 0.3) is 11.8 Å². The van der Waals surface area contributed by atoms with E-state index in [4.69, 9.17) is 11.6 Å². The number of aromatic hydroxyl groups is 1. The van der Waals surface area contributed by atoms with Crippen LogP contribution in [0.4, 0.5) is 11.4 Å². The molecular formula is C38H34ClN5O3. The molecule has 0 saturated carbocycles. The fraction of sp³-hybridized carbons (Fsp3) is 0.184. The molecular weight excluding hydrogens is 610 g/mol. The van der Waals surface area contributed by atoms with Crippen LogP contribution in [0, 0.1) is 6.92 Å². The summed E-state index contributed by atoms with van der Waals surface area (Å²) in [5.41, 5.74) is 7.43. The van der Waals surface area contributed by atoms with Gasteiger partial charge in [0, 0.05) is 71.5 Å². The number of aryl methyl sites for hydroxylation is 1. The number of carbonyl (C=O) groups is 2. The van der Waals surface area contributed by atoms with Crippen LogP contribution in [0.25, 0.3) is 22.3 Å². The van der Waals surface area contributed by atoms with Crippen molar-refractivity contribution >= 4 is 45.8 Å². The van der Waals surface area contributed by atoms with Crippen molar-refractivity contribution in [1.29, 1.82) is 0 Å². The van der Waals surface area contributed by atoms with Gasteiger partial charge in [-0.15, -0.1) is 0 Å². The minimum atomic E-state index is -0.275. The Hall–Kier alpha value is -5.34. The molecule has 236 valence electrons. The summed E-state index contributed by atoms with van der Waals surface area (Å²) in [5.74, 6) is -0.262. The largest absolute Gasteiger partial charge is 0.508 e. The van der Waals surface area contributed by atoms with Gasteiger partial charge >= 0.3 is 0 Å². The first kappa shape index (κ1) is 30.3. The number of phenolic OH excluding ortho intramolecular Hbond substituents is 1. The number of anilines is 2. The fourth-order valence-corrected chi connectivity index (χ4v) is 6.74. The summed E-state index contributed by atoms with van der Waals surface area (Å²) in [7, 11) is 3.81. The highest BCUT2D eigenvalue weighted by Crippen LogP contribution is 2.36. The number of nitrogens with zero attached hydrogens (tertiary/aromatic N) is 5. The van der Waals surface area contributed by atoms with Gasteiger partial charge in [-0.1, -0.05) is 35.9 Å². The van der Waals surface area contributed by atoms with Crippen LogP contribution < -0.4 is 4.90 Å². The van der Waals surface area contributed by atoms with Crippen molar-refractivity contribution in [3.8, 4) is 17.0 Å². The van der Waals surface area contributed by atoms with Gasteiger partial charge in [0.1, 0.15) is 11.4 Å². The summed E-state index contributed by atoms with van der Waals surface area (Å²) in [6.07, 6.45) is 4.39. The Labute approximate surface area is 278 Å². The number of pyridine rings is 1. The monoisotopic (exact) mass is 643 g/mol. The van der Waals surface area contributed by atoms with Gasteiger partial charge in [-0.05, 0) is 92.1 Å². The van der Waals surface area contributed by atoms with E-state index >= 15 is 0 Å². The molecule has 9 heteroatoms. The number of hydrogen-bond donors (Lipinski definition) is 1. The van der Waals surface area contributed by atoms with Crippen molar-refractivity contribution in [2.24, 2.45) is 14.1 Å². The summed E-state index contributed by atoms with van der Waals surface area (Å²) in [6.45, 7) is 4.49. The average molecular weight is 644 g/mol. The van der Waals surface area contributed by atoms with E-state index in [1.165, 1.54) is 5.56 Å². The number of hydrogen-bond acceptors (Lipinski definition) is 4. The zero-order chi connectivity index (χ0) is 33.0. The Morgan fingerprint density at radius 2 is 1.66 bits per heavy atom. The van der Waals surface area contributed by atoms with Gasteiger partial charge < -0.3 is 19.1 Å². The maximum atomic E-state index is 14.6. The molecule has 4 heterocycles. The molecule has 0 radical (unpaired) electrons. The van der Waals surface area contributed by atoms with E-state index in [1.54, 1.807) is 53.6 Å². The van der Waals surface area contributed by atoms with Crippen molar-refractivity contribution in [2.75, 3.05) is 4.90 Å². The number of phenols is 1. The molecule has 0 saturated heterocycles. The second kappa shape index (κ2) is 11.8. The number of amides is 2. The standard InChI is InChI=1S/C38H34ClN5O3/c1-23-17-25-7-5-6-8-27(25)22-43(23)37(46)32-14-9-28(39)19-34(32)35-20-33(24(2)42(35)4)38(47)44(29-10-12-31(45)13-11-29)30-18-26-15-16-41(3)36(26)40-21-30/h5-16,18-21,23,45H,17,22H2,1-4H3/t23-/m1/s1. The Morgan fingerprint density at radius 1 is 0.915 bits per heavy atom. The summed E-state index contributed by atoms with van der Waals surface area (Å²) >= 11 is 6.55. The van der Waals surface area contributed by atoms with E-state index in [0.29, 0.717) is 45.3 Å². The number of benzene rings is 3. The van der Waals surface area contributed by atoms with Gasteiger partial charge in [0.05, 0.1) is 17.4 Å². The molecule has 2 amide bonds. The summed E-state index contributed by atoms with van der Waals surface area (Å²) < 4.78 is 3.85. The van der Waals surface area contributed by atoms with E-state index in [2.05, 4.69) is 24.0 Å². The molecule has 3 aromatic heterocycles. The molecule has 0 aliphatic carbocycles. The van der Waals surface area contributed by atoms with Gasteiger partial charge in [-0.3, -0.25) is 14.5 Å². The number of carbonyl (C=O) groups excluding carboxylic acids is 2. The first-order chi connectivity index (χ1) is 22.6. The van der Waals surface area contributed by atoms with Crippen molar-refractivity contribution in [2.45, 2.75) is 32.9 Å². The van der Waals surface area contributed by atoms with E-state index < -0.39 is 0 Å². The van der Waals surface area contributed by atoms with Crippen LogP contribution in [-0.4, -0.2) is 42.0 Å². The maximum absolute atomic E-state index is 14.6. The summed E-state index contributed by atoms with van der Waals surface area (Å²) in [5, 5.41) is 11.4. The topological polar surface area (TPSA) is 83.6 Å². The number of halogens is 1. The van der Waals surface area contributed by atoms with Crippen molar-refractivity contribution in [3.05, 3.63) is 130 Å². The molecule has 6 aromatic rings. The highest BCUT2D eigenvalue weighted by atomic mass is 35.5. The summed E-state index contributed by atoms with van der Waals surface area (Å²) in [6, 6.07) is 25.8. The van der Waals surface area contributed by atoms with Crippen molar-refractivity contribution < 1.29 is 14.7 Å². The molecule has 1 N–H and O–H groups in total. The van der Waals surface area contributed by atoms with Crippen molar-refractivity contribution in [3.63, 3.8) is 0 Å². The van der Waals surface area contributed by atoms with E-state index in [9.17, 15) is 14.7 Å². The van der Waals surface area contributed by atoms with Crippen LogP contribution in [0.1, 0.15) is 44.5 Å². The molecule has 0 spiro atoms. The quantitative estimate of drug-likeness (QED) is 0.208. The molecule has 0 unspecified atom stereocenters. The fourth-order valence-electron chi connectivity index (χ4n) is 6.57. The molecule has 0 bridgehead atoms. The lowest BCUT2D eigenvalue weighted by Crippen LogP contribution is -2.42. The summed E-state index contributed by atoms with van der Waals surface area (Å²) in [4.78, 5) is 37.0. The van der Waals surface area contributed by atoms with Gasteiger partial charge in [0.15, 0.2) is 0 Å². The maximum Gasteiger partial charge on any atom is 0.264 e. The lowest BCUT2D eigenvalue weighted by atomic mass is 9.93. The normalized spacial score (nSPS) is 14.3. The third-order valence-electron chi connectivity index (χ3n) is 9.28.